The zero-order chi connectivity index (χ0) is 26.3. The molecule has 0 aliphatic carbocycles. The number of aliphatic carboxylic acids is 2. The zero-order valence-corrected chi connectivity index (χ0v) is 21.6. The van der Waals surface area contributed by atoms with Crippen LogP contribution in [0.5, 0.6) is 5.75 Å². The van der Waals surface area contributed by atoms with Crippen molar-refractivity contribution in [3.63, 3.8) is 0 Å². The minimum absolute atomic E-state index is 0.122. The Kier molecular flexibility index (Phi) is 9.08. The number of sulfone groups is 1. The van der Waals surface area contributed by atoms with Crippen LogP contribution in [0, 0.1) is 0 Å². The molecule has 2 heterocycles. The number of thiophene rings is 1. The van der Waals surface area contributed by atoms with Crippen molar-refractivity contribution in [3.05, 3.63) is 59.6 Å². The summed E-state index contributed by atoms with van der Waals surface area (Å²) in [7, 11) is -3.53. The number of nitrogens with zero attached hydrogens (tertiary/aromatic N) is 1. The van der Waals surface area contributed by atoms with Crippen LogP contribution in [0.3, 0.4) is 0 Å². The van der Waals surface area contributed by atoms with Crippen LogP contribution in [0.4, 0.5) is 0 Å². The summed E-state index contributed by atoms with van der Waals surface area (Å²) in [6.07, 6.45) is 0. The summed E-state index contributed by atoms with van der Waals surface area (Å²) in [5, 5.41) is 18.2. The number of aromatic nitrogens is 1. The number of rotatable bonds is 9. The molecule has 36 heavy (non-hydrogen) atoms. The molecule has 0 spiro atoms. The largest absolute Gasteiger partial charge is 0.490 e. The van der Waals surface area contributed by atoms with Gasteiger partial charge in [0.1, 0.15) is 12.4 Å². The van der Waals surface area contributed by atoms with Crippen LogP contribution in [-0.4, -0.2) is 66.7 Å². The van der Waals surface area contributed by atoms with Crippen LogP contribution in [0.1, 0.15) is 19.5 Å². The second kappa shape index (κ2) is 12.0. The van der Waals surface area contributed by atoms with Crippen molar-refractivity contribution in [3.8, 4) is 5.75 Å². The summed E-state index contributed by atoms with van der Waals surface area (Å²) in [5.74, 6) is -3.13. The number of likely N-dealkylation sites (N-methyl/N-ethyl adjacent to an activating group) is 1. The Labute approximate surface area is 212 Å². The molecular weight excluding hydrogens is 504 g/mol. The quantitative estimate of drug-likeness (QED) is 0.272. The molecule has 0 atom stereocenters. The Morgan fingerprint density at radius 2 is 1.58 bits per heavy atom. The summed E-state index contributed by atoms with van der Waals surface area (Å²) in [4.78, 5) is 24.1. The number of benzene rings is 2. The van der Waals surface area contributed by atoms with Crippen LogP contribution < -0.4 is 4.74 Å². The maximum absolute atomic E-state index is 13.3. The van der Waals surface area contributed by atoms with Gasteiger partial charge >= 0.3 is 11.9 Å². The topological polar surface area (TPSA) is 137 Å². The SMILES string of the molecule is CCN(CC)CCOc1c(CS(=O)(=O)c2csc3ccccc23)[nH]c2ccccc12.O=C(O)C(=O)O. The first-order valence-corrected chi connectivity index (χ1v) is 13.8. The molecule has 0 amide bonds. The number of carbonyl (C=O) groups is 2. The average Bonchev–Trinajstić information content (AvgIpc) is 3.44. The van der Waals surface area contributed by atoms with Gasteiger partial charge in [-0.15, -0.1) is 11.3 Å². The molecule has 11 heteroatoms. The highest BCUT2D eigenvalue weighted by Crippen LogP contribution is 2.35. The number of ether oxygens (including phenoxy) is 1. The van der Waals surface area contributed by atoms with Gasteiger partial charge in [0.05, 0.1) is 16.3 Å². The first kappa shape index (κ1) is 27.2. The molecular formula is C25H28N2O7S2. The predicted molar refractivity (Wildman–Crippen MR) is 140 cm³/mol. The van der Waals surface area contributed by atoms with E-state index in [2.05, 4.69) is 23.7 Å². The van der Waals surface area contributed by atoms with E-state index in [1.165, 1.54) is 11.3 Å². The lowest BCUT2D eigenvalue weighted by Crippen LogP contribution is -2.28. The lowest BCUT2D eigenvalue weighted by molar-refractivity contribution is -0.159. The van der Waals surface area contributed by atoms with Crippen molar-refractivity contribution in [1.82, 2.24) is 9.88 Å². The van der Waals surface area contributed by atoms with E-state index in [0.717, 1.165) is 40.6 Å². The average molecular weight is 533 g/mol. The highest BCUT2D eigenvalue weighted by Gasteiger charge is 2.24. The molecule has 0 unspecified atom stereocenters. The van der Waals surface area contributed by atoms with Crippen molar-refractivity contribution >= 4 is 54.1 Å². The van der Waals surface area contributed by atoms with Crippen molar-refractivity contribution < 1.29 is 33.0 Å². The van der Waals surface area contributed by atoms with Crippen molar-refractivity contribution in [2.45, 2.75) is 24.5 Å². The fourth-order valence-corrected chi connectivity index (χ4v) is 6.59. The first-order valence-electron chi connectivity index (χ1n) is 11.3. The molecule has 9 nitrogen and oxygen atoms in total. The third-order valence-electron chi connectivity index (χ3n) is 5.58. The summed E-state index contributed by atoms with van der Waals surface area (Å²) < 4.78 is 33.7. The number of hydrogen-bond donors (Lipinski definition) is 3. The monoisotopic (exact) mass is 532 g/mol. The van der Waals surface area contributed by atoms with E-state index in [4.69, 9.17) is 24.5 Å². The number of hydrogen-bond acceptors (Lipinski definition) is 7. The number of carboxylic acids is 2. The van der Waals surface area contributed by atoms with E-state index >= 15 is 0 Å². The van der Waals surface area contributed by atoms with Crippen LogP contribution in [0.15, 0.2) is 58.8 Å². The van der Waals surface area contributed by atoms with Gasteiger partial charge in [0.2, 0.25) is 0 Å². The van der Waals surface area contributed by atoms with E-state index in [0.29, 0.717) is 22.9 Å². The second-order valence-corrected chi connectivity index (χ2v) is 10.7. The molecule has 2 aromatic carbocycles. The summed E-state index contributed by atoms with van der Waals surface area (Å²) in [6.45, 7) is 7.48. The van der Waals surface area contributed by atoms with Crippen molar-refractivity contribution in [2.24, 2.45) is 0 Å². The van der Waals surface area contributed by atoms with Gasteiger partial charge in [-0.05, 0) is 31.3 Å². The number of para-hydroxylation sites is 1. The van der Waals surface area contributed by atoms with Gasteiger partial charge in [-0.2, -0.15) is 0 Å². The van der Waals surface area contributed by atoms with Crippen LogP contribution in [0.25, 0.3) is 21.0 Å². The number of fused-ring (bicyclic) bond motifs is 2. The van der Waals surface area contributed by atoms with E-state index in [-0.39, 0.29) is 5.75 Å². The smallest absolute Gasteiger partial charge is 0.414 e. The minimum Gasteiger partial charge on any atom is -0.490 e. The van der Waals surface area contributed by atoms with Gasteiger partial charge in [0.25, 0.3) is 0 Å². The molecule has 4 aromatic rings. The minimum atomic E-state index is -3.53. The number of aromatic amines is 1. The number of nitrogens with one attached hydrogen (secondary N) is 1. The third-order valence-corrected chi connectivity index (χ3v) is 8.37. The summed E-state index contributed by atoms with van der Waals surface area (Å²) >= 11 is 1.46. The molecule has 0 bridgehead atoms. The number of carboxylic acid groups (broad SMARTS) is 2. The normalized spacial score (nSPS) is 11.4. The Balaban J connectivity index is 0.000000538. The van der Waals surface area contributed by atoms with Crippen LogP contribution in [-0.2, 0) is 25.2 Å². The van der Waals surface area contributed by atoms with Gasteiger partial charge < -0.3 is 24.8 Å². The van der Waals surface area contributed by atoms with Crippen LogP contribution in [0.2, 0.25) is 0 Å². The van der Waals surface area contributed by atoms with Crippen LogP contribution >= 0.6 is 11.3 Å². The van der Waals surface area contributed by atoms with Gasteiger partial charge in [-0.1, -0.05) is 44.2 Å². The highest BCUT2D eigenvalue weighted by molar-refractivity contribution is 7.91. The molecule has 0 saturated carbocycles. The third kappa shape index (κ3) is 6.42. The van der Waals surface area contributed by atoms with E-state index in [9.17, 15) is 8.42 Å². The molecule has 0 saturated heterocycles. The van der Waals surface area contributed by atoms with Gasteiger partial charge in [-0.25, -0.2) is 18.0 Å². The molecule has 0 radical (unpaired) electrons. The Bertz CT molecular complexity index is 1440. The highest BCUT2D eigenvalue weighted by atomic mass is 32.2. The molecule has 4 rings (SSSR count). The maximum atomic E-state index is 13.3. The predicted octanol–water partition coefficient (Wildman–Crippen LogP) is 4.23. The Hall–Kier alpha value is -3.41. The summed E-state index contributed by atoms with van der Waals surface area (Å²) in [6, 6.07) is 15.4. The fraction of sp³-hybridized carbons (Fsp3) is 0.280. The molecule has 2 aromatic heterocycles. The first-order chi connectivity index (χ1) is 17.2. The van der Waals surface area contributed by atoms with E-state index < -0.39 is 21.8 Å². The van der Waals surface area contributed by atoms with Gasteiger partial charge in [0.15, 0.2) is 9.84 Å². The Morgan fingerprint density at radius 3 is 2.22 bits per heavy atom. The molecule has 0 aliphatic rings. The fourth-order valence-electron chi connectivity index (χ4n) is 3.72. The maximum Gasteiger partial charge on any atom is 0.414 e. The van der Waals surface area contributed by atoms with Gasteiger partial charge in [-0.3, -0.25) is 0 Å². The lowest BCUT2D eigenvalue weighted by Gasteiger charge is -2.18. The molecule has 0 fully saturated rings. The van der Waals surface area contributed by atoms with E-state index in [1.54, 1.807) is 5.38 Å². The van der Waals surface area contributed by atoms with Gasteiger partial charge in [0, 0.05) is 32.9 Å². The summed E-state index contributed by atoms with van der Waals surface area (Å²) in [5.41, 5.74) is 1.49. The second-order valence-electron chi connectivity index (χ2n) is 7.82. The standard InChI is InChI=1S/C23H26N2O3S2.C2H2O4/c1-3-25(4-2)13-14-28-23-17-9-5-7-11-19(17)24-20(23)16-30(26,27)22-15-29-21-12-8-6-10-18(21)22;3-1(4)2(5)6/h5-12,15,24H,3-4,13-14,16H2,1-2H3;(H,3,4)(H,5,6). The lowest BCUT2D eigenvalue weighted by atomic mass is 10.2. The number of H-pyrrole nitrogens is 1. The molecule has 0 aliphatic heterocycles. The van der Waals surface area contributed by atoms with E-state index in [1.807, 2.05) is 48.5 Å². The Morgan fingerprint density at radius 1 is 0.972 bits per heavy atom. The van der Waals surface area contributed by atoms with Crippen molar-refractivity contribution in [2.75, 3.05) is 26.2 Å². The molecule has 3 N–H and O–H groups in total. The molecule has 192 valence electrons. The van der Waals surface area contributed by atoms with Crippen molar-refractivity contribution in [1.29, 1.82) is 0 Å². The zero-order valence-electron chi connectivity index (χ0n) is 19.9.